The van der Waals surface area contributed by atoms with Gasteiger partial charge < -0.3 is 9.47 Å². The minimum Gasteiger partial charge on any atom is -0.491 e. The second-order valence-corrected chi connectivity index (χ2v) is 6.18. The van der Waals surface area contributed by atoms with Gasteiger partial charge in [0.1, 0.15) is 18.5 Å². The van der Waals surface area contributed by atoms with Crippen molar-refractivity contribution in [2.45, 2.75) is 6.10 Å². The maximum Gasteiger partial charge on any atom is 0.120 e. The minimum atomic E-state index is 0.262. The largest absolute Gasteiger partial charge is 0.491 e. The average molecular weight is 338 g/mol. The van der Waals surface area contributed by atoms with Gasteiger partial charge in [-0.3, -0.25) is 0 Å². The topological polar surface area (TPSA) is 34.6 Å². The van der Waals surface area contributed by atoms with Crippen LogP contribution in [0.2, 0.25) is 5.02 Å². The molecule has 1 saturated heterocycles. The molecule has 0 aliphatic carbocycles. The van der Waals surface area contributed by atoms with Crippen molar-refractivity contribution in [1.29, 1.82) is 0 Å². The summed E-state index contributed by atoms with van der Waals surface area (Å²) in [6.07, 6.45) is 4.28. The van der Waals surface area contributed by atoms with Gasteiger partial charge in [0.25, 0.3) is 0 Å². The van der Waals surface area contributed by atoms with Crippen LogP contribution in [-0.2, 0) is 4.74 Å². The molecule has 1 aliphatic rings. The van der Waals surface area contributed by atoms with Gasteiger partial charge in [-0.2, -0.15) is 0 Å². The van der Waals surface area contributed by atoms with Gasteiger partial charge in [0.05, 0.1) is 17.8 Å². The highest BCUT2D eigenvalue weighted by molar-refractivity contribution is 6.31. The summed E-state index contributed by atoms with van der Waals surface area (Å²) in [6, 6.07) is 17.8. The van der Waals surface area contributed by atoms with Crippen LogP contribution < -0.4 is 4.74 Å². The molecular weight excluding hydrogens is 322 g/mol. The van der Waals surface area contributed by atoms with E-state index in [0.29, 0.717) is 11.6 Å². The van der Waals surface area contributed by atoms with E-state index in [1.165, 1.54) is 0 Å². The lowest BCUT2D eigenvalue weighted by Gasteiger charge is -2.04. The molecule has 0 amide bonds. The number of aromatic nitrogens is 1. The Balaban J connectivity index is 1.52. The first-order valence-electron chi connectivity index (χ1n) is 7.85. The molecule has 3 nitrogen and oxygen atoms in total. The van der Waals surface area contributed by atoms with Crippen LogP contribution in [0.5, 0.6) is 5.75 Å². The van der Waals surface area contributed by atoms with E-state index in [0.717, 1.165) is 34.5 Å². The van der Waals surface area contributed by atoms with E-state index in [-0.39, 0.29) is 6.10 Å². The molecule has 2 aromatic carbocycles. The Bertz CT molecular complexity index is 903. The molecule has 1 fully saturated rings. The Morgan fingerprint density at radius 1 is 1.12 bits per heavy atom. The summed E-state index contributed by atoms with van der Waals surface area (Å²) in [6.45, 7) is 1.41. The van der Waals surface area contributed by atoms with Crippen LogP contribution in [0, 0.1) is 0 Å². The summed E-state index contributed by atoms with van der Waals surface area (Å²) >= 11 is 6.04. The van der Waals surface area contributed by atoms with Crippen LogP contribution in [0.4, 0.5) is 0 Å². The Morgan fingerprint density at radius 2 is 2.00 bits per heavy atom. The molecule has 0 spiro atoms. The molecule has 0 saturated carbocycles. The molecule has 1 aromatic heterocycles. The van der Waals surface area contributed by atoms with E-state index in [9.17, 15) is 0 Å². The van der Waals surface area contributed by atoms with E-state index in [1.54, 1.807) is 0 Å². The van der Waals surface area contributed by atoms with E-state index in [2.05, 4.69) is 4.98 Å². The Labute approximate surface area is 145 Å². The quantitative estimate of drug-likeness (QED) is 0.625. The zero-order valence-electron chi connectivity index (χ0n) is 13.0. The number of benzene rings is 2. The van der Waals surface area contributed by atoms with Gasteiger partial charge in [-0.05, 0) is 42.0 Å². The lowest BCUT2D eigenvalue weighted by Crippen LogP contribution is -2.03. The highest BCUT2D eigenvalue weighted by atomic mass is 35.5. The maximum absolute atomic E-state index is 6.04. The molecule has 0 N–H and O–H groups in total. The van der Waals surface area contributed by atoms with Gasteiger partial charge in [-0.25, -0.2) is 4.98 Å². The molecule has 4 heteroatoms. The van der Waals surface area contributed by atoms with Crippen molar-refractivity contribution in [3.63, 3.8) is 0 Å². The van der Waals surface area contributed by atoms with Crippen molar-refractivity contribution in [2.24, 2.45) is 0 Å². The lowest BCUT2D eigenvalue weighted by atomic mass is 10.1. The predicted molar refractivity (Wildman–Crippen MR) is 97.4 cm³/mol. The van der Waals surface area contributed by atoms with E-state index in [1.807, 2.05) is 66.7 Å². The highest BCUT2D eigenvalue weighted by Crippen LogP contribution is 2.20. The number of hydrogen-bond donors (Lipinski definition) is 0. The summed E-state index contributed by atoms with van der Waals surface area (Å²) in [5.41, 5.74) is 2.85. The van der Waals surface area contributed by atoms with Crippen LogP contribution in [0.15, 0.2) is 54.6 Å². The molecule has 1 aliphatic heterocycles. The van der Waals surface area contributed by atoms with Gasteiger partial charge in [0.2, 0.25) is 0 Å². The zero-order valence-corrected chi connectivity index (χ0v) is 13.7. The molecule has 1 atom stereocenters. The average Bonchev–Trinajstić information content (AvgIpc) is 3.42. The van der Waals surface area contributed by atoms with E-state index >= 15 is 0 Å². The fourth-order valence-electron chi connectivity index (χ4n) is 2.44. The van der Waals surface area contributed by atoms with Crippen LogP contribution in [0.1, 0.15) is 11.3 Å². The monoisotopic (exact) mass is 337 g/mol. The van der Waals surface area contributed by atoms with Crippen molar-refractivity contribution >= 4 is 34.7 Å². The van der Waals surface area contributed by atoms with E-state index < -0.39 is 0 Å². The third-order valence-corrected chi connectivity index (χ3v) is 4.05. The maximum atomic E-state index is 6.04. The highest BCUT2D eigenvalue weighted by Gasteiger charge is 2.22. The summed E-state index contributed by atoms with van der Waals surface area (Å²) in [4.78, 5) is 4.62. The van der Waals surface area contributed by atoms with Crippen LogP contribution in [-0.4, -0.2) is 24.3 Å². The van der Waals surface area contributed by atoms with Crippen LogP contribution >= 0.6 is 11.6 Å². The second kappa shape index (κ2) is 6.63. The Morgan fingerprint density at radius 3 is 2.88 bits per heavy atom. The summed E-state index contributed by atoms with van der Waals surface area (Å²) < 4.78 is 10.9. The summed E-state index contributed by atoms with van der Waals surface area (Å²) in [5, 5.41) is 1.77. The first-order chi connectivity index (χ1) is 11.8. The predicted octanol–water partition coefficient (Wildman–Crippen LogP) is 4.84. The second-order valence-electron chi connectivity index (χ2n) is 5.75. The minimum absolute atomic E-state index is 0.262. The normalized spacial score (nSPS) is 16.6. The summed E-state index contributed by atoms with van der Waals surface area (Å²) in [7, 11) is 0. The Kier molecular flexibility index (Phi) is 4.20. The fourth-order valence-corrected chi connectivity index (χ4v) is 2.61. The Hall–Kier alpha value is -2.36. The molecule has 0 radical (unpaired) electrons. The smallest absolute Gasteiger partial charge is 0.120 e. The zero-order chi connectivity index (χ0) is 16.4. The number of nitrogens with zero attached hydrogens (tertiary/aromatic N) is 1. The molecular formula is C20H16ClNO2. The molecule has 3 aromatic rings. The van der Waals surface area contributed by atoms with Crippen molar-refractivity contribution in [1.82, 2.24) is 4.98 Å². The van der Waals surface area contributed by atoms with Crippen molar-refractivity contribution in [3.8, 4) is 5.75 Å². The van der Waals surface area contributed by atoms with Gasteiger partial charge in [-0.1, -0.05) is 41.9 Å². The van der Waals surface area contributed by atoms with Gasteiger partial charge in [-0.15, -0.1) is 0 Å². The van der Waals surface area contributed by atoms with E-state index in [4.69, 9.17) is 21.1 Å². The number of fused-ring (bicyclic) bond motifs is 1. The summed E-state index contributed by atoms with van der Waals surface area (Å²) in [5.74, 6) is 0.853. The first-order valence-corrected chi connectivity index (χ1v) is 8.23. The lowest BCUT2D eigenvalue weighted by molar-refractivity contribution is 0.263. The number of epoxide rings is 1. The van der Waals surface area contributed by atoms with Gasteiger partial charge in [0, 0.05) is 10.4 Å². The van der Waals surface area contributed by atoms with Crippen LogP contribution in [0.3, 0.4) is 0 Å². The molecule has 4 rings (SSSR count). The van der Waals surface area contributed by atoms with Gasteiger partial charge >= 0.3 is 0 Å². The van der Waals surface area contributed by atoms with Crippen molar-refractivity contribution < 1.29 is 9.47 Å². The number of halogens is 1. The number of ether oxygens (including phenoxy) is 2. The van der Waals surface area contributed by atoms with Crippen LogP contribution in [0.25, 0.3) is 23.1 Å². The first kappa shape index (κ1) is 15.2. The molecule has 1 unspecified atom stereocenters. The SMILES string of the molecule is Clc1ccc2ccc(C=Cc3cccc(OCC4CO4)c3)nc2c1. The molecule has 120 valence electrons. The molecule has 0 bridgehead atoms. The number of pyridine rings is 1. The number of rotatable bonds is 5. The van der Waals surface area contributed by atoms with Gasteiger partial charge in [0.15, 0.2) is 0 Å². The van der Waals surface area contributed by atoms with Crippen molar-refractivity contribution in [2.75, 3.05) is 13.2 Å². The van der Waals surface area contributed by atoms with Crippen molar-refractivity contribution in [3.05, 3.63) is 70.9 Å². The third kappa shape index (κ3) is 3.75. The fraction of sp³-hybridized carbons (Fsp3) is 0.150. The molecule has 24 heavy (non-hydrogen) atoms. The number of hydrogen-bond acceptors (Lipinski definition) is 3. The third-order valence-electron chi connectivity index (χ3n) is 3.82. The molecule has 2 heterocycles. The standard InChI is InChI=1S/C20H16ClNO2/c21-16-7-5-15-6-9-17(22-20(15)11-16)8-4-14-2-1-3-18(10-14)23-12-19-13-24-19/h1-11,19H,12-13H2.